The summed E-state index contributed by atoms with van der Waals surface area (Å²) in [7, 11) is 0. The molecule has 2 aromatic heterocycles. The van der Waals surface area contributed by atoms with Crippen LogP contribution < -0.4 is 5.32 Å². The molecule has 2 amide bonds. The summed E-state index contributed by atoms with van der Waals surface area (Å²) < 4.78 is 0. The highest BCUT2D eigenvalue weighted by molar-refractivity contribution is 7.98. The maximum absolute atomic E-state index is 12.9. The third-order valence-electron chi connectivity index (χ3n) is 5.29. The van der Waals surface area contributed by atoms with Gasteiger partial charge < -0.3 is 10.2 Å². The van der Waals surface area contributed by atoms with Gasteiger partial charge in [-0.2, -0.15) is 0 Å². The number of carbonyl (C=O) groups excluding carboxylic acids is 2. The van der Waals surface area contributed by atoms with Crippen molar-refractivity contribution < 1.29 is 9.59 Å². The third kappa shape index (κ3) is 5.88. The molecule has 0 atom stereocenters. The predicted octanol–water partition coefficient (Wildman–Crippen LogP) is 5.28. The number of halogens is 1. The predicted molar refractivity (Wildman–Crippen MR) is 129 cm³/mol. The molecule has 1 aliphatic heterocycles. The summed E-state index contributed by atoms with van der Waals surface area (Å²) in [6, 6.07) is 11.1. The Hall–Kier alpha value is -2.42. The van der Waals surface area contributed by atoms with Crippen LogP contribution in [-0.4, -0.2) is 39.8 Å². The first-order valence-electron chi connectivity index (χ1n) is 10.3. The van der Waals surface area contributed by atoms with Crippen molar-refractivity contribution in [2.24, 2.45) is 5.92 Å². The van der Waals surface area contributed by atoms with Crippen molar-refractivity contribution in [1.82, 2.24) is 14.9 Å². The summed E-state index contributed by atoms with van der Waals surface area (Å²) in [5.74, 6) is 1.11. The Balaban J connectivity index is 1.26. The second kappa shape index (κ2) is 10.5. The SMILES string of the molecule is Cc1nc(CSc2ccc(C(=O)N3CCC(C(=O)Nc4ccc(Cl)cn4)CC3)cc2)cs1. The summed E-state index contributed by atoms with van der Waals surface area (Å²) in [4.78, 5) is 36.9. The summed E-state index contributed by atoms with van der Waals surface area (Å²) >= 11 is 9.19. The third-order valence-corrected chi connectivity index (χ3v) is 7.38. The van der Waals surface area contributed by atoms with Crippen molar-refractivity contribution in [2.45, 2.75) is 30.4 Å². The van der Waals surface area contributed by atoms with Gasteiger partial charge in [-0.05, 0) is 56.2 Å². The maximum atomic E-state index is 12.9. The first-order chi connectivity index (χ1) is 15.5. The van der Waals surface area contributed by atoms with Crippen LogP contribution in [0.3, 0.4) is 0 Å². The molecule has 4 rings (SSSR count). The zero-order chi connectivity index (χ0) is 22.5. The minimum Gasteiger partial charge on any atom is -0.339 e. The van der Waals surface area contributed by atoms with Crippen molar-refractivity contribution in [3.8, 4) is 0 Å². The number of aromatic nitrogens is 2. The molecule has 0 spiro atoms. The molecule has 1 aromatic carbocycles. The zero-order valence-corrected chi connectivity index (χ0v) is 20.0. The van der Waals surface area contributed by atoms with Crippen LogP contribution in [0.1, 0.15) is 33.9 Å². The molecule has 0 aliphatic carbocycles. The normalized spacial score (nSPS) is 14.4. The number of likely N-dealkylation sites (tertiary alicyclic amines) is 1. The van der Waals surface area contributed by atoms with E-state index in [1.165, 1.54) is 6.20 Å². The van der Waals surface area contributed by atoms with Gasteiger partial charge in [0, 0.05) is 46.8 Å². The fourth-order valence-electron chi connectivity index (χ4n) is 3.53. The number of piperidine rings is 1. The van der Waals surface area contributed by atoms with E-state index in [1.807, 2.05) is 36.1 Å². The van der Waals surface area contributed by atoms with Crippen LogP contribution in [0.2, 0.25) is 5.02 Å². The van der Waals surface area contributed by atoms with Crippen LogP contribution in [0.15, 0.2) is 52.9 Å². The second-order valence-corrected chi connectivity index (χ2v) is 10.1. The van der Waals surface area contributed by atoms with Crippen molar-refractivity contribution in [3.63, 3.8) is 0 Å². The number of amides is 2. The van der Waals surface area contributed by atoms with Gasteiger partial charge in [-0.15, -0.1) is 23.1 Å². The van der Waals surface area contributed by atoms with E-state index in [0.29, 0.717) is 42.3 Å². The Kier molecular flexibility index (Phi) is 7.44. The lowest BCUT2D eigenvalue weighted by atomic mass is 9.95. The summed E-state index contributed by atoms with van der Waals surface area (Å²) in [6.07, 6.45) is 2.76. The summed E-state index contributed by atoms with van der Waals surface area (Å²) in [5, 5.41) is 6.50. The molecular formula is C23H23ClN4O2S2. The molecule has 0 bridgehead atoms. The van der Waals surface area contributed by atoms with Gasteiger partial charge in [0.15, 0.2) is 0 Å². The standard InChI is InChI=1S/C23H23ClN4O2S2/c1-15-26-19(13-31-15)14-32-20-5-2-17(3-6-20)23(30)28-10-8-16(9-11-28)22(29)27-21-7-4-18(24)12-25-21/h2-7,12-13,16H,8-11,14H2,1H3,(H,25,27,29). The molecule has 6 nitrogen and oxygen atoms in total. The number of nitrogens with one attached hydrogen (secondary N) is 1. The Bertz CT molecular complexity index is 1080. The molecule has 3 heterocycles. The Morgan fingerprint density at radius 3 is 2.56 bits per heavy atom. The fraction of sp³-hybridized carbons (Fsp3) is 0.304. The number of pyridine rings is 1. The lowest BCUT2D eigenvalue weighted by Gasteiger charge is -2.31. The lowest BCUT2D eigenvalue weighted by molar-refractivity contribution is -0.121. The number of nitrogens with zero attached hydrogens (tertiary/aromatic N) is 3. The zero-order valence-electron chi connectivity index (χ0n) is 17.6. The van der Waals surface area contributed by atoms with Crippen LogP contribution in [-0.2, 0) is 10.5 Å². The van der Waals surface area contributed by atoms with Gasteiger partial charge >= 0.3 is 0 Å². The smallest absolute Gasteiger partial charge is 0.253 e. The number of anilines is 1. The molecule has 0 radical (unpaired) electrons. The van der Waals surface area contributed by atoms with Crippen LogP contribution in [0, 0.1) is 12.8 Å². The van der Waals surface area contributed by atoms with E-state index >= 15 is 0 Å². The van der Waals surface area contributed by atoms with E-state index in [1.54, 1.807) is 35.2 Å². The number of benzene rings is 1. The van der Waals surface area contributed by atoms with Crippen LogP contribution in [0.5, 0.6) is 0 Å². The van der Waals surface area contributed by atoms with E-state index in [9.17, 15) is 9.59 Å². The topological polar surface area (TPSA) is 75.2 Å². The molecule has 0 unspecified atom stereocenters. The molecule has 1 fully saturated rings. The molecule has 166 valence electrons. The van der Waals surface area contributed by atoms with E-state index < -0.39 is 0 Å². The Morgan fingerprint density at radius 1 is 1.19 bits per heavy atom. The largest absolute Gasteiger partial charge is 0.339 e. The molecule has 9 heteroatoms. The number of rotatable bonds is 6. The number of carbonyl (C=O) groups is 2. The van der Waals surface area contributed by atoms with Gasteiger partial charge in [0.05, 0.1) is 15.7 Å². The van der Waals surface area contributed by atoms with Crippen molar-refractivity contribution in [1.29, 1.82) is 0 Å². The highest BCUT2D eigenvalue weighted by Crippen LogP contribution is 2.25. The van der Waals surface area contributed by atoms with E-state index in [2.05, 4.69) is 20.7 Å². The number of aryl methyl sites for hydroxylation is 1. The van der Waals surface area contributed by atoms with Gasteiger partial charge in [0.2, 0.25) is 5.91 Å². The molecule has 32 heavy (non-hydrogen) atoms. The molecule has 1 N–H and O–H groups in total. The minimum absolute atomic E-state index is 0.00917. The quantitative estimate of drug-likeness (QED) is 0.479. The van der Waals surface area contributed by atoms with Gasteiger partial charge in [-0.1, -0.05) is 11.6 Å². The molecule has 3 aromatic rings. The van der Waals surface area contributed by atoms with Gasteiger partial charge in [0.25, 0.3) is 5.91 Å². The van der Waals surface area contributed by atoms with Gasteiger partial charge in [-0.3, -0.25) is 9.59 Å². The van der Waals surface area contributed by atoms with Crippen molar-refractivity contribution in [3.05, 3.63) is 69.3 Å². The maximum Gasteiger partial charge on any atom is 0.253 e. The summed E-state index contributed by atoms with van der Waals surface area (Å²) in [6.45, 7) is 3.13. The number of hydrogen-bond acceptors (Lipinski definition) is 6. The second-order valence-electron chi connectivity index (χ2n) is 7.59. The molecule has 1 saturated heterocycles. The average Bonchev–Trinajstić information content (AvgIpc) is 3.24. The average molecular weight is 487 g/mol. The minimum atomic E-state index is -0.135. The van der Waals surface area contributed by atoms with Gasteiger partial charge in [0.1, 0.15) is 5.82 Å². The van der Waals surface area contributed by atoms with E-state index in [-0.39, 0.29) is 17.7 Å². The highest BCUT2D eigenvalue weighted by Gasteiger charge is 2.28. The van der Waals surface area contributed by atoms with Crippen molar-refractivity contribution in [2.75, 3.05) is 18.4 Å². The first-order valence-corrected chi connectivity index (χ1v) is 12.6. The van der Waals surface area contributed by atoms with Crippen LogP contribution in [0.4, 0.5) is 5.82 Å². The number of thiazole rings is 1. The number of hydrogen-bond donors (Lipinski definition) is 1. The Labute approximate surface area is 200 Å². The fourth-order valence-corrected chi connectivity index (χ4v) is 5.15. The van der Waals surface area contributed by atoms with Gasteiger partial charge in [-0.25, -0.2) is 9.97 Å². The van der Waals surface area contributed by atoms with E-state index in [4.69, 9.17) is 11.6 Å². The van der Waals surface area contributed by atoms with Crippen LogP contribution in [0.25, 0.3) is 0 Å². The summed E-state index contributed by atoms with van der Waals surface area (Å²) in [5.41, 5.74) is 1.75. The van der Waals surface area contributed by atoms with E-state index in [0.717, 1.165) is 21.3 Å². The molecular weight excluding hydrogens is 464 g/mol. The highest BCUT2D eigenvalue weighted by atomic mass is 35.5. The van der Waals surface area contributed by atoms with Crippen molar-refractivity contribution >= 4 is 52.3 Å². The number of thioether (sulfide) groups is 1. The Morgan fingerprint density at radius 2 is 1.94 bits per heavy atom. The molecule has 0 saturated carbocycles. The first kappa shape index (κ1) is 22.8. The molecule has 1 aliphatic rings. The lowest BCUT2D eigenvalue weighted by Crippen LogP contribution is -2.41. The van der Waals surface area contributed by atoms with Crippen LogP contribution >= 0.6 is 34.7 Å². The monoisotopic (exact) mass is 486 g/mol.